The molecular formula is C11H20N2O3. The summed E-state index contributed by atoms with van der Waals surface area (Å²) >= 11 is 0. The van der Waals surface area contributed by atoms with Gasteiger partial charge in [0.25, 0.3) is 0 Å². The molecule has 1 saturated heterocycles. The number of nitrogens with two attached hydrogens (primary N) is 1. The maximum Gasteiger partial charge on any atom is 0.240 e. The molecule has 1 fully saturated rings. The molecule has 0 aromatic heterocycles. The molecule has 0 aliphatic carbocycles. The lowest BCUT2D eigenvalue weighted by Gasteiger charge is -2.22. The van der Waals surface area contributed by atoms with Gasteiger partial charge in [-0.2, -0.15) is 0 Å². The average Bonchev–Trinajstić information content (AvgIpc) is 2.77. The number of primary amides is 1. The van der Waals surface area contributed by atoms with Crippen LogP contribution in [0.4, 0.5) is 0 Å². The van der Waals surface area contributed by atoms with Crippen LogP contribution in [0.5, 0.6) is 0 Å². The van der Waals surface area contributed by atoms with Crippen molar-refractivity contribution in [2.75, 3.05) is 13.2 Å². The predicted octanol–water partition coefficient (Wildman–Crippen LogP) is 0.0391. The van der Waals surface area contributed by atoms with Gasteiger partial charge in [-0.15, -0.1) is 0 Å². The van der Waals surface area contributed by atoms with Crippen LogP contribution in [0.3, 0.4) is 0 Å². The van der Waals surface area contributed by atoms with Crippen molar-refractivity contribution in [2.45, 2.75) is 32.7 Å². The normalized spacial score (nSPS) is 23.8. The van der Waals surface area contributed by atoms with Crippen molar-refractivity contribution in [3.05, 3.63) is 0 Å². The highest BCUT2D eigenvalue weighted by atomic mass is 16.5. The van der Waals surface area contributed by atoms with Crippen LogP contribution in [0.25, 0.3) is 0 Å². The minimum Gasteiger partial charge on any atom is -0.381 e. The number of hydrogen-bond acceptors (Lipinski definition) is 3. The second-order valence-electron chi connectivity index (χ2n) is 4.33. The van der Waals surface area contributed by atoms with Gasteiger partial charge in [0.2, 0.25) is 11.8 Å². The predicted molar refractivity (Wildman–Crippen MR) is 59.5 cm³/mol. The van der Waals surface area contributed by atoms with Crippen molar-refractivity contribution in [2.24, 2.45) is 17.6 Å². The molecule has 16 heavy (non-hydrogen) atoms. The zero-order valence-corrected chi connectivity index (χ0v) is 9.86. The van der Waals surface area contributed by atoms with Gasteiger partial charge >= 0.3 is 0 Å². The highest BCUT2D eigenvalue weighted by Crippen LogP contribution is 2.14. The molecule has 1 aliphatic heterocycles. The van der Waals surface area contributed by atoms with Crippen LogP contribution in [0.15, 0.2) is 0 Å². The molecular weight excluding hydrogens is 208 g/mol. The third kappa shape index (κ3) is 3.20. The third-order valence-electron chi connectivity index (χ3n) is 3.12. The van der Waals surface area contributed by atoms with E-state index in [0.29, 0.717) is 13.2 Å². The Bertz CT molecular complexity index is 262. The van der Waals surface area contributed by atoms with Crippen molar-refractivity contribution in [3.8, 4) is 0 Å². The quantitative estimate of drug-likeness (QED) is 0.697. The van der Waals surface area contributed by atoms with Gasteiger partial charge in [0.05, 0.1) is 12.5 Å². The summed E-state index contributed by atoms with van der Waals surface area (Å²) in [6.45, 7) is 4.92. The van der Waals surface area contributed by atoms with Crippen LogP contribution < -0.4 is 11.1 Å². The molecule has 0 aromatic rings. The molecule has 0 saturated carbocycles. The Morgan fingerprint density at radius 3 is 2.69 bits per heavy atom. The Labute approximate surface area is 95.7 Å². The van der Waals surface area contributed by atoms with Crippen molar-refractivity contribution >= 4 is 11.8 Å². The first-order chi connectivity index (χ1) is 7.56. The fraction of sp³-hybridized carbons (Fsp3) is 0.818. The molecule has 2 amide bonds. The van der Waals surface area contributed by atoms with Crippen LogP contribution >= 0.6 is 0 Å². The van der Waals surface area contributed by atoms with E-state index < -0.39 is 11.9 Å². The molecule has 5 nitrogen and oxygen atoms in total. The molecule has 0 bridgehead atoms. The van der Waals surface area contributed by atoms with E-state index in [1.807, 2.05) is 13.8 Å². The largest absolute Gasteiger partial charge is 0.381 e. The van der Waals surface area contributed by atoms with Crippen LogP contribution in [-0.2, 0) is 14.3 Å². The van der Waals surface area contributed by atoms with Crippen LogP contribution in [0.2, 0.25) is 0 Å². The number of carbonyl (C=O) groups is 2. The van der Waals surface area contributed by atoms with E-state index in [0.717, 1.165) is 12.8 Å². The topological polar surface area (TPSA) is 81.4 Å². The summed E-state index contributed by atoms with van der Waals surface area (Å²) in [4.78, 5) is 23.0. The molecule has 5 heteroatoms. The SMILES string of the molecule is CC[C@H](C)[C@@H](NC(=O)[C@@H]1CCOC1)C(N)=O. The van der Waals surface area contributed by atoms with E-state index in [2.05, 4.69) is 5.32 Å². The van der Waals surface area contributed by atoms with Gasteiger partial charge in [-0.05, 0) is 12.3 Å². The molecule has 0 unspecified atom stereocenters. The number of amides is 2. The summed E-state index contributed by atoms with van der Waals surface area (Å²) in [7, 11) is 0. The Balaban J connectivity index is 2.53. The molecule has 1 heterocycles. The van der Waals surface area contributed by atoms with E-state index in [9.17, 15) is 9.59 Å². The van der Waals surface area contributed by atoms with Gasteiger partial charge in [0.15, 0.2) is 0 Å². The molecule has 3 N–H and O–H groups in total. The number of hydrogen-bond donors (Lipinski definition) is 2. The maximum absolute atomic E-state index is 11.8. The molecule has 1 rings (SSSR count). The molecule has 0 aromatic carbocycles. The van der Waals surface area contributed by atoms with Gasteiger partial charge < -0.3 is 15.8 Å². The lowest BCUT2D eigenvalue weighted by molar-refractivity contribution is -0.130. The van der Waals surface area contributed by atoms with E-state index in [4.69, 9.17) is 10.5 Å². The smallest absolute Gasteiger partial charge is 0.240 e. The first-order valence-corrected chi connectivity index (χ1v) is 5.73. The fourth-order valence-corrected chi connectivity index (χ4v) is 1.74. The molecule has 0 radical (unpaired) electrons. The van der Waals surface area contributed by atoms with E-state index >= 15 is 0 Å². The zero-order valence-electron chi connectivity index (χ0n) is 9.86. The van der Waals surface area contributed by atoms with Gasteiger partial charge in [-0.1, -0.05) is 20.3 Å². The molecule has 92 valence electrons. The molecule has 1 aliphatic rings. The standard InChI is InChI=1S/C11H20N2O3/c1-3-7(2)9(10(12)14)13-11(15)8-4-5-16-6-8/h7-9H,3-6H2,1-2H3,(H2,12,14)(H,13,15)/t7-,8+,9+/m0/s1. The van der Waals surface area contributed by atoms with Crippen LogP contribution in [0, 0.1) is 11.8 Å². The third-order valence-corrected chi connectivity index (χ3v) is 3.12. The van der Waals surface area contributed by atoms with E-state index in [1.165, 1.54) is 0 Å². The van der Waals surface area contributed by atoms with Crippen molar-refractivity contribution in [1.29, 1.82) is 0 Å². The zero-order chi connectivity index (χ0) is 12.1. The van der Waals surface area contributed by atoms with Crippen LogP contribution in [0.1, 0.15) is 26.7 Å². The van der Waals surface area contributed by atoms with Gasteiger partial charge in [0, 0.05) is 6.61 Å². The minimum absolute atomic E-state index is 0.0590. The second-order valence-corrected chi connectivity index (χ2v) is 4.33. The summed E-state index contributed by atoms with van der Waals surface area (Å²) in [5, 5.41) is 2.72. The highest BCUT2D eigenvalue weighted by molar-refractivity contribution is 5.87. The summed E-state index contributed by atoms with van der Waals surface area (Å²) in [5.41, 5.74) is 5.28. The Morgan fingerprint density at radius 2 is 2.25 bits per heavy atom. The van der Waals surface area contributed by atoms with Gasteiger partial charge in [-0.3, -0.25) is 9.59 Å². The first-order valence-electron chi connectivity index (χ1n) is 5.73. The molecule has 3 atom stereocenters. The van der Waals surface area contributed by atoms with E-state index in [1.54, 1.807) is 0 Å². The Kier molecular flexibility index (Phi) is 4.73. The summed E-state index contributed by atoms with van der Waals surface area (Å²) < 4.78 is 5.13. The summed E-state index contributed by atoms with van der Waals surface area (Å²) in [5.74, 6) is -0.669. The van der Waals surface area contributed by atoms with Gasteiger partial charge in [-0.25, -0.2) is 0 Å². The lowest BCUT2D eigenvalue weighted by Crippen LogP contribution is -2.50. The minimum atomic E-state index is -0.571. The number of nitrogens with one attached hydrogen (secondary N) is 1. The Morgan fingerprint density at radius 1 is 1.56 bits per heavy atom. The Hall–Kier alpha value is -1.10. The van der Waals surface area contributed by atoms with E-state index in [-0.39, 0.29) is 17.7 Å². The lowest BCUT2D eigenvalue weighted by atomic mass is 9.97. The monoisotopic (exact) mass is 228 g/mol. The summed E-state index contributed by atoms with van der Waals surface area (Å²) in [6.07, 6.45) is 1.52. The maximum atomic E-state index is 11.8. The van der Waals surface area contributed by atoms with Crippen molar-refractivity contribution < 1.29 is 14.3 Å². The number of rotatable bonds is 5. The van der Waals surface area contributed by atoms with Crippen molar-refractivity contribution in [1.82, 2.24) is 5.32 Å². The second kappa shape index (κ2) is 5.84. The highest BCUT2D eigenvalue weighted by Gasteiger charge is 2.29. The number of carbonyl (C=O) groups excluding carboxylic acids is 2. The van der Waals surface area contributed by atoms with Gasteiger partial charge in [0.1, 0.15) is 6.04 Å². The number of ether oxygens (including phenoxy) is 1. The molecule has 0 spiro atoms. The fourth-order valence-electron chi connectivity index (χ4n) is 1.74. The summed E-state index contributed by atoms with van der Waals surface area (Å²) in [6, 6.07) is -0.571. The first kappa shape index (κ1) is 13.0. The van der Waals surface area contributed by atoms with Crippen LogP contribution in [-0.4, -0.2) is 31.1 Å². The average molecular weight is 228 g/mol. The van der Waals surface area contributed by atoms with Crippen molar-refractivity contribution in [3.63, 3.8) is 0 Å².